The Kier molecular flexibility index (Phi) is 10.3. The third-order valence-electron chi connectivity index (χ3n) is 3.76. The summed E-state index contributed by atoms with van der Waals surface area (Å²) in [5.41, 5.74) is 1.25. The Morgan fingerprint density at radius 1 is 1.23 bits per heavy atom. The van der Waals surface area contributed by atoms with Crippen LogP contribution in [0.25, 0.3) is 0 Å². The number of benzene rings is 1. The minimum Gasteiger partial charge on any atom is -0.395 e. The second-order valence-corrected chi connectivity index (χ2v) is 5.79. The Hall–Kier alpha value is -1.38. The summed E-state index contributed by atoms with van der Waals surface area (Å²) < 4.78 is 0. The fourth-order valence-corrected chi connectivity index (χ4v) is 2.53. The Balaban J connectivity index is 2.49. The van der Waals surface area contributed by atoms with E-state index >= 15 is 0 Å². The molecule has 0 saturated heterocycles. The van der Waals surface area contributed by atoms with Gasteiger partial charge in [0, 0.05) is 12.1 Å². The Bertz CT molecular complexity index is 413. The third-order valence-corrected chi connectivity index (χ3v) is 3.76. The van der Waals surface area contributed by atoms with Crippen molar-refractivity contribution in [2.45, 2.75) is 57.5 Å². The molecule has 1 aromatic rings. The predicted molar refractivity (Wildman–Crippen MR) is 96.0 cm³/mol. The van der Waals surface area contributed by atoms with Crippen LogP contribution in [-0.2, 0) is 6.42 Å². The molecule has 0 aliphatic carbocycles. The van der Waals surface area contributed by atoms with E-state index in [1.165, 1.54) is 24.8 Å². The van der Waals surface area contributed by atoms with Crippen LogP contribution in [0.5, 0.6) is 0 Å². The Labute approximate surface area is 136 Å². The first-order valence-corrected chi connectivity index (χ1v) is 8.48. The molecule has 122 valence electrons. The van der Waals surface area contributed by atoms with Crippen LogP contribution in [0, 0.1) is 0 Å². The molecule has 0 radical (unpaired) electrons. The van der Waals surface area contributed by atoms with Crippen molar-refractivity contribution >= 4 is 0 Å². The highest BCUT2D eigenvalue weighted by atomic mass is 16.3. The molecule has 0 saturated carbocycles. The molecule has 1 rings (SSSR count). The van der Waals surface area contributed by atoms with Gasteiger partial charge in [-0.3, -0.25) is 0 Å². The van der Waals surface area contributed by atoms with Crippen molar-refractivity contribution in [3.05, 3.63) is 60.7 Å². The molecular formula is C20H31NO. The van der Waals surface area contributed by atoms with E-state index < -0.39 is 0 Å². The van der Waals surface area contributed by atoms with Gasteiger partial charge in [0.15, 0.2) is 0 Å². The summed E-state index contributed by atoms with van der Waals surface area (Å²) in [6, 6.07) is 10.6. The number of aliphatic hydroxyl groups is 1. The number of allylic oxidation sites excluding steroid dienone is 1. The minimum atomic E-state index is 0.0765. The smallest absolute Gasteiger partial charge is 0.0588 e. The van der Waals surface area contributed by atoms with E-state index in [4.69, 9.17) is 0 Å². The molecule has 0 fully saturated rings. The molecule has 2 N–H and O–H groups in total. The van der Waals surface area contributed by atoms with E-state index in [0.29, 0.717) is 0 Å². The molecule has 2 atom stereocenters. The Morgan fingerprint density at radius 3 is 2.64 bits per heavy atom. The maximum Gasteiger partial charge on any atom is 0.0588 e. The van der Waals surface area contributed by atoms with Gasteiger partial charge in [-0.25, -0.2) is 0 Å². The third kappa shape index (κ3) is 8.16. The number of rotatable bonds is 12. The van der Waals surface area contributed by atoms with Crippen molar-refractivity contribution in [1.82, 2.24) is 5.32 Å². The van der Waals surface area contributed by atoms with E-state index in [-0.39, 0.29) is 18.7 Å². The first-order chi connectivity index (χ1) is 10.8. The molecule has 0 heterocycles. The number of hydrogen-bond donors (Lipinski definition) is 2. The molecule has 0 unspecified atom stereocenters. The largest absolute Gasteiger partial charge is 0.395 e. The highest BCUT2D eigenvalue weighted by molar-refractivity contribution is 5.16. The van der Waals surface area contributed by atoms with Gasteiger partial charge in [-0.1, -0.05) is 68.3 Å². The van der Waals surface area contributed by atoms with Gasteiger partial charge in [-0.2, -0.15) is 0 Å². The second-order valence-electron chi connectivity index (χ2n) is 5.79. The zero-order valence-electron chi connectivity index (χ0n) is 13.9. The topological polar surface area (TPSA) is 32.3 Å². The van der Waals surface area contributed by atoms with Crippen molar-refractivity contribution in [1.29, 1.82) is 0 Å². The lowest BCUT2D eigenvalue weighted by atomic mass is 10.0. The van der Waals surface area contributed by atoms with Gasteiger partial charge < -0.3 is 10.4 Å². The quantitative estimate of drug-likeness (QED) is 0.446. The lowest BCUT2D eigenvalue weighted by Crippen LogP contribution is -2.40. The monoisotopic (exact) mass is 301 g/mol. The summed E-state index contributed by atoms with van der Waals surface area (Å²) >= 11 is 0. The lowest BCUT2D eigenvalue weighted by molar-refractivity contribution is 0.236. The van der Waals surface area contributed by atoms with Gasteiger partial charge in [0.25, 0.3) is 0 Å². The van der Waals surface area contributed by atoms with Gasteiger partial charge in [-0.05, 0) is 31.2 Å². The van der Waals surface area contributed by atoms with Crippen LogP contribution < -0.4 is 5.32 Å². The summed E-state index contributed by atoms with van der Waals surface area (Å²) in [6.07, 6.45) is 13.1. The predicted octanol–water partition coefficient (Wildman–Crippen LogP) is 4.26. The molecule has 0 spiro atoms. The molecule has 0 aliphatic heterocycles. The van der Waals surface area contributed by atoms with Crippen molar-refractivity contribution in [2.75, 3.05) is 6.61 Å². The summed E-state index contributed by atoms with van der Waals surface area (Å²) in [6.45, 7) is 6.21. The second kappa shape index (κ2) is 12.2. The van der Waals surface area contributed by atoms with Crippen LogP contribution >= 0.6 is 0 Å². The fourth-order valence-electron chi connectivity index (χ4n) is 2.53. The van der Waals surface area contributed by atoms with Crippen molar-refractivity contribution in [3.63, 3.8) is 0 Å². The molecule has 22 heavy (non-hydrogen) atoms. The van der Waals surface area contributed by atoms with Crippen LogP contribution in [0.4, 0.5) is 0 Å². The number of aliphatic hydroxyl groups excluding tert-OH is 1. The van der Waals surface area contributed by atoms with Crippen LogP contribution in [-0.4, -0.2) is 23.8 Å². The van der Waals surface area contributed by atoms with E-state index in [1.807, 2.05) is 24.3 Å². The zero-order valence-corrected chi connectivity index (χ0v) is 13.9. The zero-order chi connectivity index (χ0) is 16.0. The number of unbranched alkanes of at least 4 members (excludes halogenated alkanes) is 3. The van der Waals surface area contributed by atoms with Crippen LogP contribution in [0.2, 0.25) is 0 Å². The van der Waals surface area contributed by atoms with Crippen molar-refractivity contribution in [2.24, 2.45) is 0 Å². The standard InChI is InChI=1S/C20H31NO/c1-3-5-6-7-11-15-19(12-4-2)21-20(17-22)16-18-13-9-8-10-14-18/h4,8-11,13-15,19-22H,2-3,5-7,12,16-17H2,1H3/b15-11+/t19-,20-/m0/s1. The van der Waals surface area contributed by atoms with Crippen LogP contribution in [0.3, 0.4) is 0 Å². The number of nitrogens with one attached hydrogen (secondary N) is 1. The highest BCUT2D eigenvalue weighted by Gasteiger charge is 2.12. The average Bonchev–Trinajstić information content (AvgIpc) is 2.55. The Morgan fingerprint density at radius 2 is 2.00 bits per heavy atom. The van der Waals surface area contributed by atoms with Gasteiger partial charge >= 0.3 is 0 Å². The number of hydrogen-bond acceptors (Lipinski definition) is 2. The molecule has 0 aliphatic rings. The molecular weight excluding hydrogens is 270 g/mol. The van der Waals surface area contributed by atoms with Gasteiger partial charge in [0.2, 0.25) is 0 Å². The molecule has 1 aromatic carbocycles. The summed E-state index contributed by atoms with van der Waals surface area (Å²) in [4.78, 5) is 0. The fraction of sp³-hybridized carbons (Fsp3) is 0.500. The highest BCUT2D eigenvalue weighted by Crippen LogP contribution is 2.07. The minimum absolute atomic E-state index is 0.0765. The van der Waals surface area contributed by atoms with Crippen molar-refractivity contribution < 1.29 is 5.11 Å². The molecule has 0 aromatic heterocycles. The van der Waals surface area contributed by atoms with Crippen molar-refractivity contribution in [3.8, 4) is 0 Å². The first kappa shape index (κ1) is 18.7. The van der Waals surface area contributed by atoms with Gasteiger partial charge in [0.1, 0.15) is 0 Å². The maximum atomic E-state index is 9.63. The van der Waals surface area contributed by atoms with Crippen LogP contribution in [0.15, 0.2) is 55.1 Å². The van der Waals surface area contributed by atoms with Crippen LogP contribution in [0.1, 0.15) is 44.6 Å². The molecule has 2 nitrogen and oxygen atoms in total. The lowest BCUT2D eigenvalue weighted by Gasteiger charge is -2.22. The molecule has 0 bridgehead atoms. The van der Waals surface area contributed by atoms with Gasteiger partial charge in [-0.15, -0.1) is 6.58 Å². The van der Waals surface area contributed by atoms with E-state index in [9.17, 15) is 5.11 Å². The van der Waals surface area contributed by atoms with E-state index in [1.54, 1.807) is 0 Å². The summed E-state index contributed by atoms with van der Waals surface area (Å²) in [5.74, 6) is 0. The summed E-state index contributed by atoms with van der Waals surface area (Å²) in [7, 11) is 0. The summed E-state index contributed by atoms with van der Waals surface area (Å²) in [5, 5.41) is 13.2. The van der Waals surface area contributed by atoms with E-state index in [2.05, 4.69) is 43.1 Å². The molecule has 2 heteroatoms. The van der Waals surface area contributed by atoms with Gasteiger partial charge in [0.05, 0.1) is 6.61 Å². The SMILES string of the molecule is C=CC[C@@H](/C=C/CCCCC)N[C@H](CO)Cc1ccccc1. The molecule has 0 amide bonds. The van der Waals surface area contributed by atoms with E-state index in [0.717, 1.165) is 19.3 Å². The first-order valence-electron chi connectivity index (χ1n) is 8.48. The average molecular weight is 301 g/mol. The maximum absolute atomic E-state index is 9.63. The normalized spacial score (nSPS) is 14.1.